The number of amides is 3. The fourth-order valence-corrected chi connectivity index (χ4v) is 2.37. The van der Waals surface area contributed by atoms with Crippen LogP contribution in [0.15, 0.2) is 11.6 Å². The van der Waals surface area contributed by atoms with Gasteiger partial charge in [0.2, 0.25) is 5.91 Å². The third kappa shape index (κ3) is 4.06. The second kappa shape index (κ2) is 6.74. The van der Waals surface area contributed by atoms with Crippen LogP contribution < -0.4 is 5.32 Å². The van der Waals surface area contributed by atoms with E-state index in [9.17, 15) is 14.4 Å². The highest BCUT2D eigenvalue weighted by Gasteiger charge is 2.31. The molecule has 2 fully saturated rings. The predicted octanol–water partition coefficient (Wildman–Crippen LogP) is 0.292. The Kier molecular flexibility index (Phi) is 4.98. The molecule has 116 valence electrons. The van der Waals surface area contributed by atoms with Crippen LogP contribution in [0.1, 0.15) is 33.1 Å². The Balaban J connectivity index is 1.82. The van der Waals surface area contributed by atoms with E-state index < -0.39 is 11.8 Å². The molecule has 1 aliphatic carbocycles. The van der Waals surface area contributed by atoms with Gasteiger partial charge in [-0.05, 0) is 26.2 Å². The Bertz CT molecular complexity index is 461. The first-order valence-corrected chi connectivity index (χ1v) is 7.58. The molecule has 2 aliphatic rings. The Morgan fingerprint density at radius 3 is 2.05 bits per heavy atom. The number of carbonyl (C=O) groups is 3. The van der Waals surface area contributed by atoms with Gasteiger partial charge >= 0.3 is 11.8 Å². The zero-order chi connectivity index (χ0) is 15.4. The summed E-state index contributed by atoms with van der Waals surface area (Å²) in [4.78, 5) is 39.1. The number of hydrogen-bond donors (Lipinski definition) is 1. The number of hydrogen-bond acceptors (Lipinski definition) is 3. The van der Waals surface area contributed by atoms with Gasteiger partial charge in [-0.25, -0.2) is 0 Å². The summed E-state index contributed by atoms with van der Waals surface area (Å²) in [7, 11) is 0. The first kappa shape index (κ1) is 15.5. The SMILES string of the molecule is CC/C=C(/C)C(=O)N1CCN(C(=O)C(=O)NC2CC2)CC1. The van der Waals surface area contributed by atoms with Gasteiger partial charge in [-0.15, -0.1) is 0 Å². The Morgan fingerprint density at radius 2 is 1.57 bits per heavy atom. The van der Waals surface area contributed by atoms with Crippen molar-refractivity contribution >= 4 is 17.7 Å². The maximum absolute atomic E-state index is 12.1. The van der Waals surface area contributed by atoms with Gasteiger partial charge in [0.15, 0.2) is 0 Å². The van der Waals surface area contributed by atoms with Gasteiger partial charge in [0.05, 0.1) is 0 Å². The van der Waals surface area contributed by atoms with Gasteiger partial charge in [-0.1, -0.05) is 13.0 Å². The first-order valence-electron chi connectivity index (χ1n) is 7.58. The lowest BCUT2D eigenvalue weighted by Gasteiger charge is -2.34. The number of rotatable bonds is 3. The predicted molar refractivity (Wildman–Crippen MR) is 78.4 cm³/mol. The second-order valence-corrected chi connectivity index (χ2v) is 5.63. The largest absolute Gasteiger partial charge is 0.345 e. The molecule has 21 heavy (non-hydrogen) atoms. The van der Waals surface area contributed by atoms with Crippen LogP contribution in [0.5, 0.6) is 0 Å². The van der Waals surface area contributed by atoms with Crippen molar-refractivity contribution in [3.8, 4) is 0 Å². The van der Waals surface area contributed by atoms with Gasteiger partial charge in [0.25, 0.3) is 0 Å². The van der Waals surface area contributed by atoms with E-state index in [1.807, 2.05) is 19.9 Å². The lowest BCUT2D eigenvalue weighted by molar-refractivity contribution is -0.148. The molecule has 0 bridgehead atoms. The quantitative estimate of drug-likeness (QED) is 0.601. The maximum Gasteiger partial charge on any atom is 0.312 e. The van der Waals surface area contributed by atoms with Crippen LogP contribution in [-0.4, -0.2) is 59.7 Å². The number of allylic oxidation sites excluding steroid dienone is 1. The summed E-state index contributed by atoms with van der Waals surface area (Å²) in [5.41, 5.74) is 0.740. The van der Waals surface area contributed by atoms with Crippen LogP contribution in [0, 0.1) is 0 Å². The van der Waals surface area contributed by atoms with Crippen molar-refractivity contribution in [3.63, 3.8) is 0 Å². The zero-order valence-electron chi connectivity index (χ0n) is 12.7. The average Bonchev–Trinajstić information content (AvgIpc) is 3.30. The molecule has 1 saturated heterocycles. The van der Waals surface area contributed by atoms with Crippen molar-refractivity contribution in [2.75, 3.05) is 26.2 Å². The van der Waals surface area contributed by atoms with Crippen molar-refractivity contribution in [3.05, 3.63) is 11.6 Å². The Labute approximate surface area is 125 Å². The minimum absolute atomic E-state index is 0.0198. The summed E-state index contributed by atoms with van der Waals surface area (Å²) in [6.45, 7) is 5.61. The lowest BCUT2D eigenvalue weighted by atomic mass is 10.2. The van der Waals surface area contributed by atoms with E-state index in [2.05, 4.69) is 5.32 Å². The first-order chi connectivity index (χ1) is 10.0. The summed E-state index contributed by atoms with van der Waals surface area (Å²) >= 11 is 0. The summed E-state index contributed by atoms with van der Waals surface area (Å²) in [5, 5.41) is 2.70. The maximum atomic E-state index is 12.1. The molecular weight excluding hydrogens is 270 g/mol. The van der Waals surface area contributed by atoms with Gasteiger partial charge in [0, 0.05) is 37.8 Å². The highest BCUT2D eigenvalue weighted by atomic mass is 16.2. The minimum Gasteiger partial charge on any atom is -0.345 e. The fourth-order valence-electron chi connectivity index (χ4n) is 2.37. The molecule has 0 atom stereocenters. The van der Waals surface area contributed by atoms with E-state index in [-0.39, 0.29) is 11.9 Å². The van der Waals surface area contributed by atoms with Gasteiger partial charge in [-0.3, -0.25) is 14.4 Å². The summed E-state index contributed by atoms with van der Waals surface area (Å²) in [6.07, 6.45) is 4.66. The number of carbonyl (C=O) groups excluding carboxylic acids is 3. The van der Waals surface area contributed by atoms with Crippen LogP contribution in [0.2, 0.25) is 0 Å². The van der Waals surface area contributed by atoms with Crippen molar-refractivity contribution < 1.29 is 14.4 Å². The molecule has 0 spiro atoms. The average molecular weight is 293 g/mol. The molecule has 1 heterocycles. The Hall–Kier alpha value is -1.85. The molecule has 3 amide bonds. The summed E-state index contributed by atoms with van der Waals surface area (Å²) in [6, 6.07) is 0.186. The fraction of sp³-hybridized carbons (Fsp3) is 0.667. The highest BCUT2D eigenvalue weighted by molar-refractivity contribution is 6.35. The smallest absolute Gasteiger partial charge is 0.312 e. The van der Waals surface area contributed by atoms with E-state index in [1.165, 1.54) is 4.90 Å². The van der Waals surface area contributed by atoms with E-state index in [0.29, 0.717) is 26.2 Å². The summed E-state index contributed by atoms with van der Waals surface area (Å²) in [5.74, 6) is -0.972. The third-order valence-corrected chi connectivity index (χ3v) is 3.81. The van der Waals surface area contributed by atoms with E-state index >= 15 is 0 Å². The molecule has 2 rings (SSSR count). The van der Waals surface area contributed by atoms with Gasteiger partial charge in [-0.2, -0.15) is 0 Å². The lowest BCUT2D eigenvalue weighted by Crippen LogP contribution is -2.54. The van der Waals surface area contributed by atoms with E-state index in [1.54, 1.807) is 4.90 Å². The van der Waals surface area contributed by atoms with Crippen LogP contribution in [0.4, 0.5) is 0 Å². The molecule has 0 aromatic rings. The van der Waals surface area contributed by atoms with Crippen molar-refractivity contribution in [2.45, 2.75) is 39.2 Å². The second-order valence-electron chi connectivity index (χ2n) is 5.63. The molecule has 6 heteroatoms. The minimum atomic E-state index is -0.515. The van der Waals surface area contributed by atoms with Crippen LogP contribution in [0.25, 0.3) is 0 Å². The van der Waals surface area contributed by atoms with Crippen molar-refractivity contribution in [2.24, 2.45) is 0 Å². The van der Waals surface area contributed by atoms with Crippen LogP contribution in [0.3, 0.4) is 0 Å². The van der Waals surface area contributed by atoms with Crippen molar-refractivity contribution in [1.82, 2.24) is 15.1 Å². The van der Waals surface area contributed by atoms with Gasteiger partial charge in [0.1, 0.15) is 0 Å². The standard InChI is InChI=1S/C15H23N3O3/c1-3-4-11(2)14(20)17-7-9-18(10-8-17)15(21)13(19)16-12-5-6-12/h4,12H,3,5-10H2,1-2H3,(H,16,19)/b11-4-. The van der Waals surface area contributed by atoms with Crippen LogP contribution in [-0.2, 0) is 14.4 Å². The molecule has 0 aromatic carbocycles. The molecular formula is C15H23N3O3. The van der Waals surface area contributed by atoms with Crippen LogP contribution >= 0.6 is 0 Å². The van der Waals surface area contributed by atoms with Crippen molar-refractivity contribution in [1.29, 1.82) is 0 Å². The third-order valence-electron chi connectivity index (χ3n) is 3.81. The highest BCUT2D eigenvalue weighted by Crippen LogP contribution is 2.18. The molecule has 1 aliphatic heterocycles. The number of nitrogens with one attached hydrogen (secondary N) is 1. The van der Waals surface area contributed by atoms with E-state index in [0.717, 1.165) is 24.8 Å². The van der Waals surface area contributed by atoms with E-state index in [4.69, 9.17) is 0 Å². The molecule has 6 nitrogen and oxygen atoms in total. The topological polar surface area (TPSA) is 69.7 Å². The van der Waals surface area contributed by atoms with Gasteiger partial charge < -0.3 is 15.1 Å². The molecule has 0 aromatic heterocycles. The number of nitrogens with zero attached hydrogens (tertiary/aromatic N) is 2. The zero-order valence-corrected chi connectivity index (χ0v) is 12.7. The summed E-state index contributed by atoms with van der Waals surface area (Å²) < 4.78 is 0. The monoisotopic (exact) mass is 293 g/mol. The molecule has 1 saturated carbocycles. The number of piperazine rings is 1. The molecule has 1 N–H and O–H groups in total. The Morgan fingerprint density at radius 1 is 1.05 bits per heavy atom. The molecule has 0 radical (unpaired) electrons. The molecule has 0 unspecified atom stereocenters. The normalized spacial score (nSPS) is 19.4.